The molecule has 0 N–H and O–H groups in total. The molecule has 1 aliphatic rings. The highest BCUT2D eigenvalue weighted by Gasteiger charge is 2.24. The minimum absolute atomic E-state index is 0.113. The van der Waals surface area contributed by atoms with Crippen molar-refractivity contribution in [3.8, 4) is 5.75 Å². The monoisotopic (exact) mass is 380 g/mol. The van der Waals surface area contributed by atoms with E-state index in [0.717, 1.165) is 47.0 Å². The predicted octanol–water partition coefficient (Wildman–Crippen LogP) is 3.48. The van der Waals surface area contributed by atoms with Gasteiger partial charge in [0.25, 0.3) is 5.91 Å². The molecule has 1 saturated heterocycles. The van der Waals surface area contributed by atoms with E-state index in [1.54, 1.807) is 18.4 Å². The highest BCUT2D eigenvalue weighted by atomic mass is 79.9. The van der Waals surface area contributed by atoms with Gasteiger partial charge in [0, 0.05) is 31.6 Å². The zero-order chi connectivity index (χ0) is 15.5. The molecular weight excluding hydrogens is 364 g/mol. The number of carbonyl (C=O) groups is 1. The van der Waals surface area contributed by atoms with Crippen LogP contribution in [0.3, 0.4) is 0 Å². The van der Waals surface area contributed by atoms with E-state index in [-0.39, 0.29) is 5.91 Å². The number of hydrogen-bond donors (Lipinski definition) is 0. The summed E-state index contributed by atoms with van der Waals surface area (Å²) in [4.78, 5) is 16.6. The minimum atomic E-state index is 0.113. The standard InChI is InChI=1S/C16H17BrN2O2S/c1-21-14-5-3-2-4-13(14)18-6-8-19(9-7-18)16(20)12-10-15(17)22-11-12/h2-5,10-11H,6-9H2,1H3. The van der Waals surface area contributed by atoms with E-state index in [4.69, 9.17) is 4.74 Å². The normalized spacial score (nSPS) is 15.0. The van der Waals surface area contributed by atoms with E-state index in [0.29, 0.717) is 0 Å². The molecule has 6 heteroatoms. The third kappa shape index (κ3) is 3.13. The molecule has 0 spiro atoms. The van der Waals surface area contributed by atoms with Gasteiger partial charge < -0.3 is 14.5 Å². The van der Waals surface area contributed by atoms with Crippen molar-refractivity contribution in [3.05, 3.63) is 45.1 Å². The first kappa shape index (κ1) is 15.4. The van der Waals surface area contributed by atoms with E-state index >= 15 is 0 Å². The van der Waals surface area contributed by atoms with E-state index in [9.17, 15) is 4.79 Å². The van der Waals surface area contributed by atoms with Crippen molar-refractivity contribution in [2.24, 2.45) is 0 Å². The van der Waals surface area contributed by atoms with Crippen LogP contribution in [0.1, 0.15) is 10.4 Å². The molecule has 1 aliphatic heterocycles. The Balaban J connectivity index is 1.66. The molecule has 0 saturated carbocycles. The number of halogens is 1. The Morgan fingerprint density at radius 2 is 1.95 bits per heavy atom. The number of amides is 1. The molecule has 0 atom stereocenters. The number of methoxy groups -OCH3 is 1. The summed E-state index contributed by atoms with van der Waals surface area (Å²) in [7, 11) is 1.69. The summed E-state index contributed by atoms with van der Waals surface area (Å²) in [6.07, 6.45) is 0. The number of carbonyl (C=O) groups excluding carboxylic acids is 1. The van der Waals surface area contributed by atoms with Crippen molar-refractivity contribution in [1.82, 2.24) is 4.90 Å². The van der Waals surface area contributed by atoms with Crippen LogP contribution in [-0.2, 0) is 0 Å². The number of anilines is 1. The van der Waals surface area contributed by atoms with Crippen LogP contribution in [0.2, 0.25) is 0 Å². The summed E-state index contributed by atoms with van der Waals surface area (Å²) in [6.45, 7) is 3.09. The fourth-order valence-corrected chi connectivity index (χ4v) is 3.78. The van der Waals surface area contributed by atoms with Gasteiger partial charge in [-0.1, -0.05) is 12.1 Å². The molecule has 4 nitrogen and oxygen atoms in total. The van der Waals surface area contributed by atoms with Crippen molar-refractivity contribution < 1.29 is 9.53 Å². The Morgan fingerprint density at radius 1 is 1.23 bits per heavy atom. The third-order valence-corrected chi connectivity index (χ3v) is 5.31. The maximum atomic E-state index is 12.4. The first-order valence-corrected chi connectivity index (χ1v) is 8.77. The quantitative estimate of drug-likeness (QED) is 0.816. The number of nitrogens with zero attached hydrogens (tertiary/aromatic N) is 2. The number of ether oxygens (including phenoxy) is 1. The molecule has 0 radical (unpaired) electrons. The van der Waals surface area contributed by atoms with Gasteiger partial charge in [0.05, 0.1) is 22.1 Å². The lowest BCUT2D eigenvalue weighted by atomic mass is 10.2. The van der Waals surface area contributed by atoms with Crippen molar-refractivity contribution in [1.29, 1.82) is 0 Å². The Morgan fingerprint density at radius 3 is 2.59 bits per heavy atom. The fraction of sp³-hybridized carbons (Fsp3) is 0.312. The van der Waals surface area contributed by atoms with Crippen LogP contribution in [0.15, 0.2) is 39.5 Å². The van der Waals surface area contributed by atoms with E-state index in [2.05, 4.69) is 26.9 Å². The topological polar surface area (TPSA) is 32.8 Å². The van der Waals surface area contributed by atoms with Crippen molar-refractivity contribution in [2.45, 2.75) is 0 Å². The lowest BCUT2D eigenvalue weighted by Crippen LogP contribution is -2.48. The first-order valence-electron chi connectivity index (χ1n) is 7.10. The number of thiophene rings is 1. The van der Waals surface area contributed by atoms with Gasteiger partial charge in [0.2, 0.25) is 0 Å². The van der Waals surface area contributed by atoms with Crippen LogP contribution < -0.4 is 9.64 Å². The Hall–Kier alpha value is -1.53. The number of benzene rings is 1. The molecule has 0 bridgehead atoms. The van der Waals surface area contributed by atoms with E-state index in [1.807, 2.05) is 34.5 Å². The maximum absolute atomic E-state index is 12.4. The number of hydrogen-bond acceptors (Lipinski definition) is 4. The predicted molar refractivity (Wildman–Crippen MR) is 93.1 cm³/mol. The molecular formula is C16H17BrN2O2S. The largest absolute Gasteiger partial charge is 0.495 e. The molecule has 0 unspecified atom stereocenters. The second-order valence-electron chi connectivity index (χ2n) is 5.09. The third-order valence-electron chi connectivity index (χ3n) is 3.81. The van der Waals surface area contributed by atoms with Crippen LogP contribution in [0.25, 0.3) is 0 Å². The minimum Gasteiger partial charge on any atom is -0.495 e. The van der Waals surface area contributed by atoms with Gasteiger partial charge in [-0.15, -0.1) is 11.3 Å². The molecule has 1 fully saturated rings. The maximum Gasteiger partial charge on any atom is 0.254 e. The lowest BCUT2D eigenvalue weighted by Gasteiger charge is -2.36. The Labute approximate surface area is 142 Å². The van der Waals surface area contributed by atoms with Crippen LogP contribution in [0.4, 0.5) is 5.69 Å². The lowest BCUT2D eigenvalue weighted by molar-refractivity contribution is 0.0747. The Kier molecular flexibility index (Phi) is 4.69. The summed E-state index contributed by atoms with van der Waals surface area (Å²) in [5.41, 5.74) is 1.86. The second kappa shape index (κ2) is 6.71. The van der Waals surface area contributed by atoms with Gasteiger partial charge in [0.1, 0.15) is 5.75 Å². The second-order valence-corrected chi connectivity index (χ2v) is 7.38. The van der Waals surface area contributed by atoms with Gasteiger partial charge in [-0.05, 0) is 34.1 Å². The number of piperazine rings is 1. The van der Waals surface area contributed by atoms with Crippen molar-refractivity contribution >= 4 is 38.9 Å². The highest BCUT2D eigenvalue weighted by molar-refractivity contribution is 9.11. The zero-order valence-electron chi connectivity index (χ0n) is 12.3. The van der Waals surface area contributed by atoms with Crippen LogP contribution in [0.5, 0.6) is 5.75 Å². The number of para-hydroxylation sites is 2. The molecule has 1 aromatic heterocycles. The summed E-state index contributed by atoms with van der Waals surface area (Å²) in [5, 5.41) is 1.90. The molecule has 3 rings (SSSR count). The van der Waals surface area contributed by atoms with E-state index in [1.165, 1.54) is 0 Å². The van der Waals surface area contributed by atoms with Crippen LogP contribution >= 0.6 is 27.3 Å². The van der Waals surface area contributed by atoms with Gasteiger partial charge in [0.15, 0.2) is 0 Å². The van der Waals surface area contributed by atoms with E-state index < -0.39 is 0 Å². The summed E-state index contributed by atoms with van der Waals surface area (Å²) >= 11 is 4.95. The molecule has 22 heavy (non-hydrogen) atoms. The van der Waals surface area contributed by atoms with Crippen LogP contribution in [0, 0.1) is 0 Å². The van der Waals surface area contributed by atoms with Crippen molar-refractivity contribution in [3.63, 3.8) is 0 Å². The molecule has 1 aromatic carbocycles. The molecule has 2 aromatic rings. The van der Waals surface area contributed by atoms with Gasteiger partial charge in [-0.2, -0.15) is 0 Å². The average molecular weight is 381 g/mol. The molecule has 2 heterocycles. The molecule has 1 amide bonds. The van der Waals surface area contributed by atoms with Gasteiger partial charge >= 0.3 is 0 Å². The zero-order valence-corrected chi connectivity index (χ0v) is 14.7. The fourth-order valence-electron chi connectivity index (χ4n) is 2.65. The molecule has 0 aliphatic carbocycles. The van der Waals surface area contributed by atoms with Crippen molar-refractivity contribution in [2.75, 3.05) is 38.2 Å². The summed E-state index contributed by atoms with van der Waals surface area (Å²) in [6, 6.07) is 9.90. The summed E-state index contributed by atoms with van der Waals surface area (Å²) in [5.74, 6) is 0.991. The smallest absolute Gasteiger partial charge is 0.254 e. The molecule has 116 valence electrons. The Bertz CT molecular complexity index is 666. The number of rotatable bonds is 3. The SMILES string of the molecule is COc1ccccc1N1CCN(C(=O)c2csc(Br)c2)CC1. The van der Waals surface area contributed by atoms with Gasteiger partial charge in [-0.3, -0.25) is 4.79 Å². The first-order chi connectivity index (χ1) is 10.7. The highest BCUT2D eigenvalue weighted by Crippen LogP contribution is 2.29. The van der Waals surface area contributed by atoms with Gasteiger partial charge in [-0.25, -0.2) is 0 Å². The average Bonchev–Trinajstić information content (AvgIpc) is 3.01. The van der Waals surface area contributed by atoms with Crippen LogP contribution in [-0.4, -0.2) is 44.1 Å². The summed E-state index contributed by atoms with van der Waals surface area (Å²) < 4.78 is 6.41.